The van der Waals surface area contributed by atoms with Crippen molar-refractivity contribution in [3.63, 3.8) is 0 Å². The molecule has 0 radical (unpaired) electrons. The molecule has 1 aliphatic heterocycles. The van der Waals surface area contributed by atoms with Gasteiger partial charge in [-0.2, -0.15) is 10.5 Å². The summed E-state index contributed by atoms with van der Waals surface area (Å²) >= 11 is 2.51. The predicted molar refractivity (Wildman–Crippen MR) is 64.7 cm³/mol. The number of nitriles is 2. The van der Waals surface area contributed by atoms with Gasteiger partial charge in [0.1, 0.15) is 11.5 Å². The minimum absolute atomic E-state index is 0.0879. The maximum absolute atomic E-state index is 9.88. The fourth-order valence-electron chi connectivity index (χ4n) is 1.51. The molecular weight excluding hydrogens is 256 g/mol. The van der Waals surface area contributed by atoms with Crippen molar-refractivity contribution in [2.75, 3.05) is 0 Å². The smallest absolute Gasteiger partial charge is 0.154 e. The number of rotatable bonds is 1. The van der Waals surface area contributed by atoms with Gasteiger partial charge >= 0.3 is 0 Å². The largest absolute Gasteiger partial charge is 0.507 e. The summed E-state index contributed by atoms with van der Waals surface area (Å²) in [7, 11) is 0. The lowest BCUT2D eigenvalue weighted by atomic mass is 10.2. The average Bonchev–Trinajstić information content (AvgIpc) is 2.73. The normalized spacial score (nSPS) is 17.5. The highest BCUT2D eigenvalue weighted by atomic mass is 32.2. The summed E-state index contributed by atoms with van der Waals surface area (Å²) in [5.41, 5.74) is 0.584. The molecule has 1 heterocycles. The Hall–Kier alpha value is -1.50. The average molecular weight is 264 g/mol. The van der Waals surface area contributed by atoms with E-state index < -0.39 is 5.92 Å². The molecule has 17 heavy (non-hydrogen) atoms. The van der Waals surface area contributed by atoms with Crippen LogP contribution < -0.4 is 0 Å². The fourth-order valence-corrected chi connectivity index (χ4v) is 4.41. The van der Waals surface area contributed by atoms with E-state index in [1.54, 1.807) is 6.92 Å². The topological polar surface area (TPSA) is 88.0 Å². The number of thioether (sulfide) groups is 2. The van der Waals surface area contributed by atoms with Gasteiger partial charge in [-0.1, -0.05) is 0 Å². The molecule has 1 aromatic carbocycles. The summed E-state index contributed by atoms with van der Waals surface area (Å²) < 4.78 is -0.307. The minimum atomic E-state index is -0.767. The van der Waals surface area contributed by atoms with Gasteiger partial charge in [-0.15, -0.1) is 23.5 Å². The highest BCUT2D eigenvalue weighted by Crippen LogP contribution is 2.57. The molecule has 0 amide bonds. The molecule has 0 fully saturated rings. The summed E-state index contributed by atoms with van der Waals surface area (Å²) in [6.07, 6.45) is 0. The Balaban J connectivity index is 2.41. The van der Waals surface area contributed by atoms with Crippen molar-refractivity contribution in [1.82, 2.24) is 0 Å². The standard InChI is InChI=1S/C11H8N2O2S2/c1-5-2-7(14)9-10(8(5)15)17-11(16-9)6(3-12)4-13/h2,6,11,14-15H,1H3. The van der Waals surface area contributed by atoms with Gasteiger partial charge in [0.25, 0.3) is 0 Å². The van der Waals surface area contributed by atoms with Crippen LogP contribution in [0.2, 0.25) is 0 Å². The molecule has 0 aromatic heterocycles. The first-order valence-electron chi connectivity index (χ1n) is 4.76. The van der Waals surface area contributed by atoms with Gasteiger partial charge in [0, 0.05) is 0 Å². The second-order valence-corrected chi connectivity index (χ2v) is 6.16. The van der Waals surface area contributed by atoms with Crippen molar-refractivity contribution < 1.29 is 10.2 Å². The zero-order valence-electron chi connectivity index (χ0n) is 8.84. The van der Waals surface area contributed by atoms with Crippen LogP contribution >= 0.6 is 23.5 Å². The van der Waals surface area contributed by atoms with Crippen molar-refractivity contribution in [2.45, 2.75) is 21.3 Å². The monoisotopic (exact) mass is 264 g/mol. The Morgan fingerprint density at radius 2 is 1.82 bits per heavy atom. The first-order chi connectivity index (χ1) is 8.08. The Bertz CT molecular complexity index is 546. The highest BCUT2D eigenvalue weighted by molar-refractivity contribution is 8.19. The third-order valence-corrected chi connectivity index (χ3v) is 5.40. The second-order valence-electron chi connectivity index (χ2n) is 3.56. The molecule has 0 spiro atoms. The summed E-state index contributed by atoms with van der Waals surface area (Å²) in [6, 6.07) is 5.32. The molecule has 4 nitrogen and oxygen atoms in total. The number of nitrogens with zero attached hydrogens (tertiary/aromatic N) is 2. The lowest BCUT2D eigenvalue weighted by Crippen LogP contribution is -2.06. The molecule has 0 saturated carbocycles. The summed E-state index contributed by atoms with van der Waals surface area (Å²) in [6.45, 7) is 1.69. The molecular formula is C11H8N2O2S2. The number of fused-ring (bicyclic) bond motifs is 1. The van der Waals surface area contributed by atoms with Crippen molar-refractivity contribution >= 4 is 23.5 Å². The van der Waals surface area contributed by atoms with E-state index in [0.29, 0.717) is 15.4 Å². The van der Waals surface area contributed by atoms with Crippen LogP contribution in [0.5, 0.6) is 11.5 Å². The van der Waals surface area contributed by atoms with E-state index >= 15 is 0 Å². The maximum Gasteiger partial charge on any atom is 0.154 e. The number of phenolic OH excluding ortho intramolecular Hbond substituents is 2. The summed E-state index contributed by atoms with van der Waals surface area (Å²) in [4.78, 5) is 1.12. The lowest BCUT2D eigenvalue weighted by Gasteiger charge is -2.06. The number of phenols is 2. The third-order valence-electron chi connectivity index (χ3n) is 2.40. The van der Waals surface area contributed by atoms with E-state index in [2.05, 4.69) is 0 Å². The van der Waals surface area contributed by atoms with Crippen LogP contribution in [0.3, 0.4) is 0 Å². The van der Waals surface area contributed by atoms with E-state index in [4.69, 9.17) is 10.5 Å². The lowest BCUT2D eigenvalue weighted by molar-refractivity contribution is 0.432. The number of benzene rings is 1. The summed E-state index contributed by atoms with van der Waals surface area (Å²) in [5, 5.41) is 37.3. The Morgan fingerprint density at radius 3 is 2.41 bits per heavy atom. The van der Waals surface area contributed by atoms with E-state index in [1.165, 1.54) is 29.6 Å². The van der Waals surface area contributed by atoms with Crippen molar-refractivity contribution in [2.24, 2.45) is 5.92 Å². The van der Waals surface area contributed by atoms with Gasteiger partial charge in [0.05, 0.1) is 26.5 Å². The second kappa shape index (κ2) is 4.40. The molecule has 0 bridgehead atoms. The van der Waals surface area contributed by atoms with Crippen molar-refractivity contribution in [1.29, 1.82) is 10.5 Å². The van der Waals surface area contributed by atoms with Crippen LogP contribution in [0, 0.1) is 35.5 Å². The van der Waals surface area contributed by atoms with Gasteiger partial charge in [-0.25, -0.2) is 0 Å². The Morgan fingerprint density at radius 1 is 1.24 bits per heavy atom. The molecule has 1 unspecified atom stereocenters. The first kappa shape index (κ1) is 12.0. The zero-order chi connectivity index (χ0) is 12.6. The number of hydrogen-bond donors (Lipinski definition) is 2. The van der Waals surface area contributed by atoms with E-state index in [-0.39, 0.29) is 16.1 Å². The highest BCUT2D eigenvalue weighted by Gasteiger charge is 2.34. The molecule has 86 valence electrons. The van der Waals surface area contributed by atoms with Crippen LogP contribution in [-0.2, 0) is 0 Å². The van der Waals surface area contributed by atoms with E-state index in [0.717, 1.165) is 0 Å². The fraction of sp³-hybridized carbons (Fsp3) is 0.273. The zero-order valence-corrected chi connectivity index (χ0v) is 10.5. The van der Waals surface area contributed by atoms with Gasteiger partial charge in [0.2, 0.25) is 0 Å². The SMILES string of the molecule is Cc1cc(O)c2c(c1O)SC(C(C#N)C#N)S2. The van der Waals surface area contributed by atoms with Gasteiger partial charge < -0.3 is 10.2 Å². The van der Waals surface area contributed by atoms with Crippen molar-refractivity contribution in [3.05, 3.63) is 11.6 Å². The van der Waals surface area contributed by atoms with E-state index in [9.17, 15) is 10.2 Å². The third kappa shape index (κ3) is 1.90. The quantitative estimate of drug-likeness (QED) is 0.758. The Kier molecular flexibility index (Phi) is 3.10. The Labute approximate surface area is 107 Å². The molecule has 1 aliphatic rings. The van der Waals surface area contributed by atoms with Crippen LogP contribution in [0.25, 0.3) is 0 Å². The molecule has 2 rings (SSSR count). The van der Waals surface area contributed by atoms with Crippen LogP contribution in [0.15, 0.2) is 15.9 Å². The molecule has 6 heteroatoms. The van der Waals surface area contributed by atoms with Gasteiger partial charge in [-0.3, -0.25) is 0 Å². The van der Waals surface area contributed by atoms with Crippen LogP contribution in [0.1, 0.15) is 5.56 Å². The molecule has 0 aliphatic carbocycles. The molecule has 1 atom stereocenters. The van der Waals surface area contributed by atoms with Crippen LogP contribution in [0.4, 0.5) is 0 Å². The van der Waals surface area contributed by atoms with Gasteiger partial charge in [-0.05, 0) is 18.6 Å². The number of aryl methyl sites for hydroxylation is 1. The molecule has 0 saturated heterocycles. The first-order valence-corrected chi connectivity index (χ1v) is 6.52. The van der Waals surface area contributed by atoms with Crippen LogP contribution in [-0.4, -0.2) is 14.8 Å². The molecule has 1 aromatic rings. The molecule has 2 N–H and O–H groups in total. The van der Waals surface area contributed by atoms with Crippen molar-refractivity contribution in [3.8, 4) is 23.6 Å². The number of aromatic hydroxyl groups is 2. The maximum atomic E-state index is 9.88. The minimum Gasteiger partial charge on any atom is -0.507 e. The van der Waals surface area contributed by atoms with E-state index in [1.807, 2.05) is 12.1 Å². The predicted octanol–water partition coefficient (Wildman–Crippen LogP) is 2.59. The van der Waals surface area contributed by atoms with Gasteiger partial charge in [0.15, 0.2) is 5.92 Å². The number of hydrogen-bond acceptors (Lipinski definition) is 6. The summed E-state index contributed by atoms with van der Waals surface area (Å²) in [5.74, 6) is -0.561.